The molecular formula is C23H30BN2O10S3+. The molecule has 0 aromatic heterocycles. The number of rotatable bonds is 10. The summed E-state index contributed by atoms with van der Waals surface area (Å²) >= 11 is 0. The molecule has 2 aromatic rings. The lowest BCUT2D eigenvalue weighted by molar-refractivity contribution is -0.458. The zero-order valence-corrected chi connectivity index (χ0v) is 24.2. The van der Waals surface area contributed by atoms with Gasteiger partial charge in [0, 0.05) is 30.4 Å². The second kappa shape index (κ2) is 10.6. The molecule has 12 nitrogen and oxygen atoms in total. The molecule has 212 valence electrons. The minimum atomic E-state index is -5.02. The van der Waals surface area contributed by atoms with Crippen molar-refractivity contribution in [2.45, 2.75) is 74.0 Å². The second-order valence-corrected chi connectivity index (χ2v) is 14.1. The van der Waals surface area contributed by atoms with Gasteiger partial charge < -0.3 is 5.23 Å². The SMILES string of the molecule is [B]NC(=O)C(CCCC)C1(C)C(C)=[N+](C(CC)S(=O)(=O)O)c2ccc3c(S(=O)(=O)O)cc(S(=O)(=O)O)cc3c21. The molecule has 1 aliphatic heterocycles. The number of hydrogen-bond donors (Lipinski definition) is 4. The lowest BCUT2D eigenvalue weighted by atomic mass is 9.66. The normalized spacial score (nSPS) is 19.7. The monoisotopic (exact) mass is 601 g/mol. The Labute approximate surface area is 229 Å². The molecule has 3 unspecified atom stereocenters. The summed E-state index contributed by atoms with van der Waals surface area (Å²) in [5.41, 5.74) is -0.795. The van der Waals surface area contributed by atoms with Crippen LogP contribution in [0, 0.1) is 5.92 Å². The highest BCUT2D eigenvalue weighted by Gasteiger charge is 2.57. The van der Waals surface area contributed by atoms with Gasteiger partial charge in [-0.15, -0.1) is 0 Å². The molecule has 0 spiro atoms. The summed E-state index contributed by atoms with van der Waals surface area (Å²) in [5.74, 6) is -1.57. The molecule has 0 saturated heterocycles. The molecule has 39 heavy (non-hydrogen) atoms. The summed E-state index contributed by atoms with van der Waals surface area (Å²) in [5, 5.41) is 0.414. The molecule has 1 amide bonds. The highest BCUT2D eigenvalue weighted by molar-refractivity contribution is 7.87. The molecule has 3 rings (SSSR count). The Morgan fingerprint density at radius 2 is 1.64 bits per heavy atom. The first-order valence-corrected chi connectivity index (χ1v) is 16.4. The van der Waals surface area contributed by atoms with E-state index < -0.39 is 62.8 Å². The number of unbranched alkanes of at least 4 members (excludes halogenated alkanes) is 1. The van der Waals surface area contributed by atoms with E-state index >= 15 is 0 Å². The predicted molar refractivity (Wildman–Crippen MR) is 144 cm³/mol. The standard InChI is InChI=1S/C23H29BN2O10S3/c1-5-7-8-17(22(27)25-24)23(4)13(3)26(20(6-2)39(34,35)36)18-10-9-15-16(21(18)23)11-14(37(28,29)30)12-19(15)38(31,32)33/h9-12,17,20H,5-8H2,1-4H3,(H3-,25,27,28,29,30,31,32,33,34,35,36)/p+1. The smallest absolute Gasteiger partial charge is 0.329 e. The molecule has 0 fully saturated rings. The molecule has 2 aromatic carbocycles. The number of nitrogens with zero attached hydrogens (tertiary/aromatic N) is 1. The van der Waals surface area contributed by atoms with Crippen molar-refractivity contribution in [3.8, 4) is 0 Å². The van der Waals surface area contributed by atoms with Crippen molar-refractivity contribution < 1.29 is 48.3 Å². The average molecular weight is 602 g/mol. The van der Waals surface area contributed by atoms with Gasteiger partial charge in [-0.2, -0.15) is 29.8 Å². The average Bonchev–Trinajstić information content (AvgIpc) is 3.04. The Bertz CT molecular complexity index is 1700. The predicted octanol–water partition coefficient (Wildman–Crippen LogP) is 2.34. The minimum absolute atomic E-state index is 0.0730. The number of fused-ring (bicyclic) bond motifs is 3. The fourth-order valence-electron chi connectivity index (χ4n) is 5.60. The number of benzene rings is 2. The summed E-state index contributed by atoms with van der Waals surface area (Å²) in [6.07, 6.45) is 1.39. The number of amides is 1. The molecule has 1 aliphatic rings. The quantitative estimate of drug-likeness (QED) is 0.178. The third-order valence-electron chi connectivity index (χ3n) is 7.50. The van der Waals surface area contributed by atoms with Gasteiger partial charge in [0.25, 0.3) is 25.6 Å². The van der Waals surface area contributed by atoms with Crippen molar-refractivity contribution in [2.24, 2.45) is 5.92 Å². The van der Waals surface area contributed by atoms with Crippen LogP contribution < -0.4 is 5.23 Å². The summed E-state index contributed by atoms with van der Waals surface area (Å²) in [6, 6.07) is 4.23. The van der Waals surface area contributed by atoms with Crippen LogP contribution in [0.2, 0.25) is 0 Å². The number of nitrogens with one attached hydrogen (secondary N) is 1. The van der Waals surface area contributed by atoms with Crippen LogP contribution in [0.15, 0.2) is 34.1 Å². The molecule has 2 radical (unpaired) electrons. The highest BCUT2D eigenvalue weighted by Crippen LogP contribution is 2.51. The van der Waals surface area contributed by atoms with Crippen LogP contribution in [0.4, 0.5) is 5.69 Å². The summed E-state index contributed by atoms with van der Waals surface area (Å²) in [7, 11) is -9.20. The zero-order chi connectivity index (χ0) is 29.7. The molecule has 3 atom stereocenters. The van der Waals surface area contributed by atoms with Gasteiger partial charge in [0.2, 0.25) is 19.6 Å². The second-order valence-electron chi connectivity index (χ2n) is 9.67. The maximum absolute atomic E-state index is 13.2. The van der Waals surface area contributed by atoms with E-state index in [1.165, 1.54) is 23.6 Å². The first-order valence-electron chi connectivity index (χ1n) is 12.0. The molecule has 16 heteroatoms. The number of carbonyl (C=O) groups is 1. The van der Waals surface area contributed by atoms with E-state index in [4.69, 9.17) is 7.98 Å². The zero-order valence-electron chi connectivity index (χ0n) is 21.7. The Morgan fingerprint density at radius 1 is 1.03 bits per heavy atom. The van der Waals surface area contributed by atoms with Gasteiger partial charge in [-0.05, 0) is 36.9 Å². The van der Waals surface area contributed by atoms with Gasteiger partial charge in [-0.3, -0.25) is 18.5 Å². The van der Waals surface area contributed by atoms with Gasteiger partial charge >= 0.3 is 10.1 Å². The molecule has 0 aliphatic carbocycles. The third kappa shape index (κ3) is 5.37. The maximum Gasteiger partial charge on any atom is 0.329 e. The Morgan fingerprint density at radius 3 is 2.10 bits per heavy atom. The van der Waals surface area contributed by atoms with Crippen LogP contribution in [0.1, 0.15) is 58.9 Å². The van der Waals surface area contributed by atoms with Crippen molar-refractivity contribution in [1.82, 2.24) is 5.23 Å². The first kappa shape index (κ1) is 31.2. The molecule has 4 N–H and O–H groups in total. The van der Waals surface area contributed by atoms with E-state index in [1.807, 2.05) is 6.92 Å². The highest BCUT2D eigenvalue weighted by atomic mass is 32.2. The van der Waals surface area contributed by atoms with E-state index in [2.05, 4.69) is 5.23 Å². The fraction of sp³-hybridized carbons (Fsp3) is 0.478. The van der Waals surface area contributed by atoms with Crippen molar-refractivity contribution in [3.63, 3.8) is 0 Å². The number of carbonyl (C=O) groups excluding carboxylic acids is 1. The maximum atomic E-state index is 13.2. The molecule has 0 bridgehead atoms. The van der Waals surface area contributed by atoms with Crippen LogP contribution in [0.3, 0.4) is 0 Å². The summed E-state index contributed by atoms with van der Waals surface area (Å²) in [4.78, 5) is 11.5. The van der Waals surface area contributed by atoms with Gasteiger partial charge in [-0.25, -0.2) is 0 Å². The lowest BCUT2D eigenvalue weighted by Gasteiger charge is -2.32. The Balaban J connectivity index is 2.66. The van der Waals surface area contributed by atoms with Crippen molar-refractivity contribution in [1.29, 1.82) is 0 Å². The third-order valence-corrected chi connectivity index (χ3v) is 10.5. The first-order chi connectivity index (χ1) is 17.8. The van der Waals surface area contributed by atoms with Crippen LogP contribution in [0.5, 0.6) is 0 Å². The van der Waals surface area contributed by atoms with Crippen molar-refractivity contribution in [3.05, 3.63) is 29.8 Å². The molecule has 0 saturated carbocycles. The van der Waals surface area contributed by atoms with Gasteiger partial charge in [0.15, 0.2) is 5.71 Å². The van der Waals surface area contributed by atoms with E-state index in [9.17, 15) is 43.7 Å². The molecule has 1 heterocycles. The lowest BCUT2D eigenvalue weighted by Crippen LogP contribution is -2.47. The van der Waals surface area contributed by atoms with Crippen molar-refractivity contribution in [2.75, 3.05) is 0 Å². The van der Waals surface area contributed by atoms with Gasteiger partial charge in [-0.1, -0.05) is 26.7 Å². The molecular weight excluding hydrogens is 571 g/mol. The van der Waals surface area contributed by atoms with Crippen molar-refractivity contribution >= 4 is 66.4 Å². The minimum Gasteiger partial charge on any atom is -0.409 e. The summed E-state index contributed by atoms with van der Waals surface area (Å²) in [6.45, 7) is 6.58. The largest absolute Gasteiger partial charge is 0.409 e. The van der Waals surface area contributed by atoms with E-state index in [0.717, 1.165) is 6.07 Å². The van der Waals surface area contributed by atoms with Gasteiger partial charge in [0.1, 0.15) is 4.90 Å². The van der Waals surface area contributed by atoms with E-state index in [0.29, 0.717) is 24.6 Å². The van der Waals surface area contributed by atoms with Crippen LogP contribution >= 0.6 is 0 Å². The van der Waals surface area contributed by atoms with Crippen LogP contribution in [-0.2, 0) is 40.6 Å². The van der Waals surface area contributed by atoms with Gasteiger partial charge in [0.05, 0.1) is 16.2 Å². The summed E-state index contributed by atoms with van der Waals surface area (Å²) < 4.78 is 105. The topological polar surface area (TPSA) is 195 Å². The van der Waals surface area contributed by atoms with Crippen LogP contribution in [0.25, 0.3) is 10.8 Å². The van der Waals surface area contributed by atoms with Crippen LogP contribution in [-0.4, -0.2) is 68.5 Å². The number of hydrogen-bond acceptors (Lipinski definition) is 7. The Kier molecular flexibility index (Phi) is 8.44. The Hall–Kier alpha value is -2.37. The van der Waals surface area contributed by atoms with E-state index in [1.54, 1.807) is 13.8 Å². The fourth-order valence-corrected chi connectivity index (χ4v) is 7.90. The van der Waals surface area contributed by atoms with E-state index in [-0.39, 0.29) is 34.9 Å².